The van der Waals surface area contributed by atoms with Crippen molar-refractivity contribution in [1.82, 2.24) is 14.9 Å². The first kappa shape index (κ1) is 17.7. The number of hydrogen-bond acceptors (Lipinski definition) is 5. The molecule has 136 valence electrons. The zero-order valence-electron chi connectivity index (χ0n) is 14.3. The minimum atomic E-state index is -3.67. The van der Waals surface area contributed by atoms with Gasteiger partial charge >= 0.3 is 6.03 Å². The van der Waals surface area contributed by atoms with Crippen LogP contribution in [-0.4, -0.2) is 44.9 Å². The summed E-state index contributed by atoms with van der Waals surface area (Å²) in [6.45, 7) is 4.46. The van der Waals surface area contributed by atoms with Crippen molar-refractivity contribution in [3.05, 3.63) is 23.8 Å². The second kappa shape index (κ2) is 5.99. The minimum Gasteiger partial charge on any atom is -0.496 e. The average molecular weight is 367 g/mol. The van der Waals surface area contributed by atoms with Gasteiger partial charge in [0.05, 0.1) is 12.0 Å². The molecule has 2 N–H and O–H groups in total. The van der Waals surface area contributed by atoms with Crippen molar-refractivity contribution in [2.24, 2.45) is 5.92 Å². The molecule has 0 aromatic heterocycles. The minimum absolute atomic E-state index is 0.0765. The van der Waals surface area contributed by atoms with Gasteiger partial charge in [-0.1, -0.05) is 6.92 Å². The molecule has 2 aliphatic rings. The number of urea groups is 1. The first-order chi connectivity index (χ1) is 11.7. The van der Waals surface area contributed by atoms with Crippen LogP contribution in [0, 0.1) is 5.92 Å². The van der Waals surface area contributed by atoms with Crippen molar-refractivity contribution in [3.63, 3.8) is 0 Å². The van der Waals surface area contributed by atoms with Crippen LogP contribution in [0.4, 0.5) is 4.79 Å². The average Bonchev–Trinajstić information content (AvgIpc) is 3.11. The van der Waals surface area contributed by atoms with Gasteiger partial charge in [0.15, 0.2) is 0 Å². The first-order valence-corrected chi connectivity index (χ1v) is 9.45. The number of amides is 3. The molecule has 3 amide bonds. The van der Waals surface area contributed by atoms with Gasteiger partial charge < -0.3 is 10.1 Å². The van der Waals surface area contributed by atoms with Gasteiger partial charge in [-0.2, -0.15) is 4.31 Å². The Bertz CT molecular complexity index is 838. The van der Waals surface area contributed by atoms with Crippen LogP contribution in [0.3, 0.4) is 0 Å². The predicted octanol–water partition coefficient (Wildman–Crippen LogP) is 0.780. The van der Waals surface area contributed by atoms with Crippen LogP contribution < -0.4 is 15.4 Å². The number of carbonyl (C=O) groups excluding carboxylic acids is 2. The molecule has 3 rings (SSSR count). The van der Waals surface area contributed by atoms with Gasteiger partial charge in [-0.3, -0.25) is 10.1 Å². The van der Waals surface area contributed by atoms with Crippen LogP contribution in [0.1, 0.15) is 25.8 Å². The molecule has 0 bridgehead atoms. The zero-order chi connectivity index (χ0) is 18.4. The van der Waals surface area contributed by atoms with E-state index in [0.29, 0.717) is 30.3 Å². The monoisotopic (exact) mass is 367 g/mol. The molecule has 2 atom stereocenters. The summed E-state index contributed by atoms with van der Waals surface area (Å²) >= 11 is 0. The number of sulfonamides is 1. The summed E-state index contributed by atoms with van der Waals surface area (Å²) < 4.78 is 32.5. The fraction of sp³-hybridized carbons (Fsp3) is 0.500. The van der Waals surface area contributed by atoms with Crippen molar-refractivity contribution in [1.29, 1.82) is 0 Å². The van der Waals surface area contributed by atoms with Gasteiger partial charge in [-0.15, -0.1) is 0 Å². The number of hydrogen-bond donors (Lipinski definition) is 2. The molecule has 0 saturated carbocycles. The standard InChI is InChI=1S/C16H21N3O5S/c1-10-6-7-19(9-10)25(22,23)11-4-5-13(24-3)12(8-11)16(2)14(20)17-15(21)18-16/h4-5,8,10H,6-7,9H2,1-3H3,(H2,17,18,20,21)/t10-,16-/m1/s1. The summed E-state index contributed by atoms with van der Waals surface area (Å²) in [7, 11) is -2.25. The fourth-order valence-electron chi connectivity index (χ4n) is 3.23. The lowest BCUT2D eigenvalue weighted by Crippen LogP contribution is -2.41. The molecule has 1 aromatic carbocycles. The van der Waals surface area contributed by atoms with E-state index in [0.717, 1.165) is 6.42 Å². The van der Waals surface area contributed by atoms with Gasteiger partial charge in [-0.05, 0) is 37.5 Å². The molecule has 0 spiro atoms. The topological polar surface area (TPSA) is 105 Å². The predicted molar refractivity (Wildman–Crippen MR) is 89.6 cm³/mol. The van der Waals surface area contributed by atoms with E-state index in [9.17, 15) is 18.0 Å². The molecule has 1 aromatic rings. The maximum absolute atomic E-state index is 12.9. The highest BCUT2D eigenvalue weighted by Gasteiger charge is 2.46. The van der Waals surface area contributed by atoms with Crippen LogP contribution >= 0.6 is 0 Å². The Balaban J connectivity index is 2.07. The first-order valence-electron chi connectivity index (χ1n) is 8.00. The van der Waals surface area contributed by atoms with Crippen LogP contribution in [0.5, 0.6) is 5.75 Å². The van der Waals surface area contributed by atoms with E-state index in [2.05, 4.69) is 10.6 Å². The molecule has 0 radical (unpaired) electrons. The molecule has 8 nitrogen and oxygen atoms in total. The van der Waals surface area contributed by atoms with Crippen molar-refractivity contribution in [2.75, 3.05) is 20.2 Å². The lowest BCUT2D eigenvalue weighted by atomic mass is 9.91. The quantitative estimate of drug-likeness (QED) is 0.765. The van der Waals surface area contributed by atoms with Gasteiger partial charge in [0.25, 0.3) is 5.91 Å². The fourth-order valence-corrected chi connectivity index (χ4v) is 4.83. The van der Waals surface area contributed by atoms with E-state index in [4.69, 9.17) is 4.74 Å². The Hall–Kier alpha value is -2.13. The summed E-state index contributed by atoms with van der Waals surface area (Å²) in [6, 6.07) is 3.74. The Morgan fingerprint density at radius 1 is 1.32 bits per heavy atom. The van der Waals surface area contributed by atoms with Gasteiger partial charge in [0.1, 0.15) is 11.3 Å². The molecule has 9 heteroatoms. The van der Waals surface area contributed by atoms with Crippen molar-refractivity contribution in [3.8, 4) is 5.75 Å². The van der Waals surface area contributed by atoms with Crippen molar-refractivity contribution >= 4 is 22.0 Å². The second-order valence-corrected chi connectivity index (χ2v) is 8.59. The van der Waals surface area contributed by atoms with Crippen molar-refractivity contribution in [2.45, 2.75) is 30.7 Å². The van der Waals surface area contributed by atoms with E-state index in [1.54, 1.807) is 0 Å². The second-order valence-electron chi connectivity index (χ2n) is 6.65. The summed E-state index contributed by atoms with van der Waals surface area (Å²) in [6.07, 6.45) is 0.818. The number of methoxy groups -OCH3 is 1. The van der Waals surface area contributed by atoms with Crippen LogP contribution in [0.15, 0.2) is 23.1 Å². The Kier molecular flexibility index (Phi) is 4.24. The van der Waals surface area contributed by atoms with Gasteiger partial charge in [-0.25, -0.2) is 13.2 Å². The zero-order valence-corrected chi connectivity index (χ0v) is 15.1. The number of nitrogens with zero attached hydrogens (tertiary/aromatic N) is 1. The number of benzene rings is 1. The van der Waals surface area contributed by atoms with Crippen LogP contribution in [0.25, 0.3) is 0 Å². The highest BCUT2D eigenvalue weighted by molar-refractivity contribution is 7.89. The third-order valence-corrected chi connectivity index (χ3v) is 6.64. The molecule has 2 heterocycles. The van der Waals surface area contributed by atoms with Crippen LogP contribution in [-0.2, 0) is 20.4 Å². The molecule has 0 unspecified atom stereocenters. The summed E-state index contributed by atoms with van der Waals surface area (Å²) in [5.74, 6) is 0.0821. The molecule has 2 aliphatic heterocycles. The van der Waals surface area contributed by atoms with Gasteiger partial charge in [0.2, 0.25) is 10.0 Å². The molecule has 2 saturated heterocycles. The van der Waals surface area contributed by atoms with Gasteiger partial charge in [0, 0.05) is 18.7 Å². The third kappa shape index (κ3) is 2.87. The maximum Gasteiger partial charge on any atom is 0.322 e. The normalized spacial score (nSPS) is 27.2. The Labute approximate surface area is 146 Å². The number of ether oxygens (including phenoxy) is 1. The summed E-state index contributed by atoms with van der Waals surface area (Å²) in [4.78, 5) is 23.9. The van der Waals surface area contributed by atoms with Crippen molar-refractivity contribution < 1.29 is 22.7 Å². The summed E-state index contributed by atoms with van der Waals surface area (Å²) in [5.41, 5.74) is -1.10. The van der Waals surface area contributed by atoms with E-state index < -0.39 is 27.5 Å². The largest absolute Gasteiger partial charge is 0.496 e. The molecule has 0 aliphatic carbocycles. The SMILES string of the molecule is COc1ccc(S(=O)(=O)N2CC[C@@H](C)C2)cc1[C@@]1(C)NC(=O)NC1=O. The smallest absolute Gasteiger partial charge is 0.322 e. The van der Waals surface area contributed by atoms with E-state index in [1.807, 2.05) is 6.92 Å². The number of carbonyl (C=O) groups is 2. The molecular formula is C16H21N3O5S. The highest BCUT2D eigenvalue weighted by Crippen LogP contribution is 2.35. The van der Waals surface area contributed by atoms with E-state index in [1.165, 1.54) is 36.5 Å². The lowest BCUT2D eigenvalue weighted by Gasteiger charge is -2.25. The summed E-state index contributed by atoms with van der Waals surface area (Å²) in [5, 5.41) is 4.71. The Morgan fingerprint density at radius 2 is 2.04 bits per heavy atom. The number of rotatable bonds is 4. The van der Waals surface area contributed by atoms with Crippen LogP contribution in [0.2, 0.25) is 0 Å². The number of imide groups is 1. The maximum atomic E-state index is 12.9. The van der Waals surface area contributed by atoms with E-state index in [-0.39, 0.29) is 4.90 Å². The Morgan fingerprint density at radius 3 is 2.56 bits per heavy atom. The van der Waals surface area contributed by atoms with E-state index >= 15 is 0 Å². The molecule has 25 heavy (non-hydrogen) atoms. The highest BCUT2D eigenvalue weighted by atomic mass is 32.2. The third-order valence-electron chi connectivity index (χ3n) is 4.78. The molecular weight excluding hydrogens is 346 g/mol. The molecule has 2 fully saturated rings. The lowest BCUT2D eigenvalue weighted by molar-refractivity contribution is -0.123. The number of nitrogens with one attached hydrogen (secondary N) is 2.